The Morgan fingerprint density at radius 2 is 1.68 bits per heavy atom. The quantitative estimate of drug-likeness (QED) is 0.820. The molecular formula is C14H11BrF3N. The summed E-state index contributed by atoms with van der Waals surface area (Å²) in [5.74, 6) is -1.59. The molecule has 2 aromatic carbocycles. The van der Waals surface area contributed by atoms with Gasteiger partial charge in [0, 0.05) is 5.56 Å². The highest BCUT2D eigenvalue weighted by Crippen LogP contribution is 2.28. The van der Waals surface area contributed by atoms with Crippen LogP contribution in [0.15, 0.2) is 34.8 Å². The first-order valence-corrected chi connectivity index (χ1v) is 6.35. The van der Waals surface area contributed by atoms with E-state index in [4.69, 9.17) is 5.73 Å². The summed E-state index contributed by atoms with van der Waals surface area (Å²) in [5, 5.41) is 0. The average molecular weight is 330 g/mol. The van der Waals surface area contributed by atoms with Crippen molar-refractivity contribution in [2.75, 3.05) is 0 Å². The summed E-state index contributed by atoms with van der Waals surface area (Å²) in [6.07, 6.45) is 0. The van der Waals surface area contributed by atoms with Crippen LogP contribution in [0.2, 0.25) is 0 Å². The van der Waals surface area contributed by atoms with Crippen LogP contribution >= 0.6 is 15.9 Å². The Kier molecular flexibility index (Phi) is 3.96. The molecule has 0 amide bonds. The molecule has 0 heterocycles. The lowest BCUT2D eigenvalue weighted by Gasteiger charge is -2.16. The third-order valence-electron chi connectivity index (χ3n) is 2.94. The molecule has 0 saturated carbocycles. The number of rotatable bonds is 2. The molecule has 5 heteroatoms. The Bertz CT molecular complexity index is 628. The van der Waals surface area contributed by atoms with E-state index in [1.807, 2.05) is 0 Å². The number of benzene rings is 2. The SMILES string of the molecule is Cc1cc(F)ccc1C(N)c1cc(F)c(Br)cc1F. The van der Waals surface area contributed by atoms with Gasteiger partial charge in [0.15, 0.2) is 0 Å². The minimum absolute atomic E-state index is 0.0374. The molecule has 0 aromatic heterocycles. The van der Waals surface area contributed by atoms with Gasteiger partial charge in [-0.05, 0) is 58.2 Å². The number of hydrogen-bond acceptors (Lipinski definition) is 1. The molecule has 0 aliphatic rings. The standard InChI is InChI=1S/C14H11BrF3N/c1-7-4-8(16)2-3-9(7)14(19)10-5-13(18)11(15)6-12(10)17/h2-6,14H,19H2,1H3. The maximum Gasteiger partial charge on any atom is 0.137 e. The summed E-state index contributed by atoms with van der Waals surface area (Å²) < 4.78 is 40.4. The number of aryl methyl sites for hydroxylation is 1. The van der Waals surface area contributed by atoms with Gasteiger partial charge in [0.25, 0.3) is 0 Å². The number of halogens is 4. The zero-order valence-electron chi connectivity index (χ0n) is 10.1. The summed E-state index contributed by atoms with van der Waals surface area (Å²) in [7, 11) is 0. The van der Waals surface area contributed by atoms with Crippen LogP contribution in [0.3, 0.4) is 0 Å². The zero-order chi connectivity index (χ0) is 14.2. The summed E-state index contributed by atoms with van der Waals surface area (Å²) in [4.78, 5) is 0. The Labute approximate surface area is 117 Å². The van der Waals surface area contributed by atoms with Crippen LogP contribution in [0.25, 0.3) is 0 Å². The molecule has 2 N–H and O–H groups in total. The van der Waals surface area contributed by atoms with Gasteiger partial charge >= 0.3 is 0 Å². The topological polar surface area (TPSA) is 26.0 Å². The molecule has 0 saturated heterocycles. The van der Waals surface area contributed by atoms with Gasteiger partial charge in [0.1, 0.15) is 17.5 Å². The lowest BCUT2D eigenvalue weighted by molar-refractivity contribution is 0.571. The van der Waals surface area contributed by atoms with Crippen molar-refractivity contribution in [2.24, 2.45) is 5.73 Å². The summed E-state index contributed by atoms with van der Waals surface area (Å²) in [5.41, 5.74) is 7.13. The fourth-order valence-electron chi connectivity index (χ4n) is 1.93. The third-order valence-corrected chi connectivity index (χ3v) is 3.55. The lowest BCUT2D eigenvalue weighted by Crippen LogP contribution is -2.15. The average Bonchev–Trinajstić information content (AvgIpc) is 2.33. The maximum atomic E-state index is 13.8. The molecule has 2 rings (SSSR count). The van der Waals surface area contributed by atoms with Crippen LogP contribution in [0.5, 0.6) is 0 Å². The molecule has 0 aliphatic carbocycles. The van der Waals surface area contributed by atoms with Crippen molar-refractivity contribution in [3.8, 4) is 0 Å². The van der Waals surface area contributed by atoms with Crippen LogP contribution in [0.4, 0.5) is 13.2 Å². The van der Waals surface area contributed by atoms with Crippen molar-refractivity contribution in [2.45, 2.75) is 13.0 Å². The highest BCUT2D eigenvalue weighted by molar-refractivity contribution is 9.10. The largest absolute Gasteiger partial charge is 0.320 e. The molecule has 0 bridgehead atoms. The second-order valence-electron chi connectivity index (χ2n) is 4.27. The minimum atomic E-state index is -0.844. The maximum absolute atomic E-state index is 13.8. The summed E-state index contributed by atoms with van der Waals surface area (Å²) in [6, 6.07) is 5.27. The fourth-order valence-corrected chi connectivity index (χ4v) is 2.25. The molecule has 0 aliphatic heterocycles. The van der Waals surface area contributed by atoms with Crippen molar-refractivity contribution in [1.82, 2.24) is 0 Å². The van der Waals surface area contributed by atoms with E-state index >= 15 is 0 Å². The van der Waals surface area contributed by atoms with Crippen LogP contribution < -0.4 is 5.73 Å². The van der Waals surface area contributed by atoms with Gasteiger partial charge in [-0.25, -0.2) is 13.2 Å². The van der Waals surface area contributed by atoms with E-state index in [-0.39, 0.29) is 10.0 Å². The van der Waals surface area contributed by atoms with Crippen LogP contribution in [-0.4, -0.2) is 0 Å². The van der Waals surface area contributed by atoms with Crippen molar-refractivity contribution in [3.05, 3.63) is 68.9 Å². The molecule has 0 spiro atoms. The second kappa shape index (κ2) is 5.35. The van der Waals surface area contributed by atoms with E-state index < -0.39 is 23.5 Å². The van der Waals surface area contributed by atoms with E-state index in [2.05, 4.69) is 15.9 Å². The smallest absolute Gasteiger partial charge is 0.137 e. The Hall–Kier alpha value is -1.33. The number of hydrogen-bond donors (Lipinski definition) is 1. The Balaban J connectivity index is 2.49. The van der Waals surface area contributed by atoms with Crippen molar-refractivity contribution in [3.63, 3.8) is 0 Å². The highest BCUT2D eigenvalue weighted by Gasteiger charge is 2.18. The van der Waals surface area contributed by atoms with E-state index in [1.165, 1.54) is 18.2 Å². The van der Waals surface area contributed by atoms with Gasteiger partial charge in [-0.1, -0.05) is 6.07 Å². The first-order valence-electron chi connectivity index (χ1n) is 5.56. The normalized spacial score (nSPS) is 12.5. The molecule has 1 unspecified atom stereocenters. The predicted octanol–water partition coefficient (Wildman–Crippen LogP) is 4.22. The van der Waals surface area contributed by atoms with Crippen molar-refractivity contribution < 1.29 is 13.2 Å². The molecule has 0 radical (unpaired) electrons. The predicted molar refractivity (Wildman–Crippen MR) is 71.2 cm³/mol. The van der Waals surface area contributed by atoms with Gasteiger partial charge < -0.3 is 5.73 Å². The van der Waals surface area contributed by atoms with E-state index in [9.17, 15) is 13.2 Å². The van der Waals surface area contributed by atoms with Crippen LogP contribution in [0.1, 0.15) is 22.7 Å². The third kappa shape index (κ3) is 2.82. The minimum Gasteiger partial charge on any atom is -0.320 e. The van der Waals surface area contributed by atoms with Gasteiger partial charge in [-0.3, -0.25) is 0 Å². The monoisotopic (exact) mass is 329 g/mol. The first-order chi connectivity index (χ1) is 8.90. The highest BCUT2D eigenvalue weighted by atomic mass is 79.9. The van der Waals surface area contributed by atoms with Gasteiger partial charge in [0.05, 0.1) is 10.5 Å². The number of nitrogens with two attached hydrogens (primary N) is 1. The lowest BCUT2D eigenvalue weighted by atomic mass is 9.95. The van der Waals surface area contributed by atoms with Crippen molar-refractivity contribution >= 4 is 15.9 Å². The zero-order valence-corrected chi connectivity index (χ0v) is 11.6. The molecule has 0 fully saturated rings. The van der Waals surface area contributed by atoms with Crippen LogP contribution in [0, 0.1) is 24.4 Å². The molecule has 1 nitrogen and oxygen atoms in total. The summed E-state index contributed by atoms with van der Waals surface area (Å²) in [6.45, 7) is 1.67. The molecular weight excluding hydrogens is 319 g/mol. The van der Waals surface area contributed by atoms with E-state index in [1.54, 1.807) is 6.92 Å². The Morgan fingerprint density at radius 3 is 2.32 bits per heavy atom. The first kappa shape index (κ1) is 14.1. The second-order valence-corrected chi connectivity index (χ2v) is 5.12. The molecule has 19 heavy (non-hydrogen) atoms. The van der Waals surface area contributed by atoms with Gasteiger partial charge in [0.2, 0.25) is 0 Å². The van der Waals surface area contributed by atoms with Crippen LogP contribution in [-0.2, 0) is 0 Å². The fraction of sp³-hybridized carbons (Fsp3) is 0.143. The Morgan fingerprint density at radius 1 is 1.00 bits per heavy atom. The van der Waals surface area contributed by atoms with Gasteiger partial charge in [-0.15, -0.1) is 0 Å². The van der Waals surface area contributed by atoms with E-state index in [0.717, 1.165) is 12.1 Å². The molecule has 1 atom stereocenters. The van der Waals surface area contributed by atoms with Crippen molar-refractivity contribution in [1.29, 1.82) is 0 Å². The summed E-state index contributed by atoms with van der Waals surface area (Å²) >= 11 is 2.90. The van der Waals surface area contributed by atoms with Gasteiger partial charge in [-0.2, -0.15) is 0 Å². The molecule has 100 valence electrons. The van der Waals surface area contributed by atoms with E-state index in [0.29, 0.717) is 11.1 Å². The molecule has 2 aromatic rings.